The van der Waals surface area contributed by atoms with Crippen LogP contribution < -0.4 is 0 Å². The van der Waals surface area contributed by atoms with Crippen LogP contribution >= 0.6 is 0 Å². The van der Waals surface area contributed by atoms with Crippen LogP contribution in [0.1, 0.15) is 106 Å². The Balaban J connectivity index is 1.26. The first-order valence-corrected chi connectivity index (χ1v) is 13.9. The van der Waals surface area contributed by atoms with E-state index in [0.29, 0.717) is 34.2 Å². The molecule has 3 nitrogen and oxygen atoms in total. The highest BCUT2D eigenvalue weighted by molar-refractivity contribution is 5.29. The van der Waals surface area contributed by atoms with Gasteiger partial charge in [-0.05, 0) is 115 Å². The minimum atomic E-state index is -0.372. The second-order valence-electron chi connectivity index (χ2n) is 15.2. The Morgan fingerprint density at radius 3 is 2.28 bits per heavy atom. The third-order valence-corrected chi connectivity index (χ3v) is 12.8. The first-order chi connectivity index (χ1) is 14.9. The second-order valence-corrected chi connectivity index (χ2v) is 15.2. The molecule has 1 aliphatic heterocycles. The molecule has 2 N–H and O–H groups in total. The zero-order chi connectivity index (χ0) is 22.9. The van der Waals surface area contributed by atoms with E-state index in [1.54, 1.807) is 0 Å². The average molecular weight is 445 g/mol. The van der Waals surface area contributed by atoms with Crippen molar-refractivity contribution in [3.05, 3.63) is 0 Å². The quantitative estimate of drug-likeness (QED) is 0.524. The molecular formula is C29H48O3. The molecule has 5 aliphatic carbocycles. The molecule has 2 spiro atoms. The van der Waals surface area contributed by atoms with E-state index in [0.717, 1.165) is 24.7 Å². The van der Waals surface area contributed by atoms with Crippen LogP contribution in [0.25, 0.3) is 0 Å². The van der Waals surface area contributed by atoms with Crippen molar-refractivity contribution in [2.24, 2.45) is 50.7 Å². The number of aliphatic hydroxyl groups is 2. The van der Waals surface area contributed by atoms with E-state index in [1.165, 1.54) is 51.4 Å². The van der Waals surface area contributed by atoms with E-state index in [-0.39, 0.29) is 29.1 Å². The summed E-state index contributed by atoms with van der Waals surface area (Å²) >= 11 is 0. The number of aliphatic hydroxyl groups excluding tert-OH is 2. The van der Waals surface area contributed by atoms with Crippen molar-refractivity contribution in [2.45, 2.75) is 130 Å². The van der Waals surface area contributed by atoms with Gasteiger partial charge >= 0.3 is 0 Å². The van der Waals surface area contributed by atoms with Gasteiger partial charge in [-0.15, -0.1) is 0 Å². The van der Waals surface area contributed by atoms with Gasteiger partial charge in [-0.25, -0.2) is 0 Å². The number of hydrogen-bond acceptors (Lipinski definition) is 3. The van der Waals surface area contributed by atoms with Gasteiger partial charge < -0.3 is 14.9 Å². The van der Waals surface area contributed by atoms with Crippen LogP contribution in [0.2, 0.25) is 0 Å². The summed E-state index contributed by atoms with van der Waals surface area (Å²) < 4.78 is 6.75. The Labute approximate surface area is 196 Å². The number of hydrogen-bond donors (Lipinski definition) is 2. The first-order valence-electron chi connectivity index (χ1n) is 13.9. The minimum absolute atomic E-state index is 0.0117. The van der Waals surface area contributed by atoms with Crippen molar-refractivity contribution in [2.75, 3.05) is 0 Å². The summed E-state index contributed by atoms with van der Waals surface area (Å²) in [6, 6.07) is 0. The first kappa shape index (κ1) is 22.4. The lowest BCUT2D eigenvalue weighted by Crippen LogP contribution is -2.54. The predicted molar refractivity (Wildman–Crippen MR) is 127 cm³/mol. The zero-order valence-corrected chi connectivity index (χ0v) is 21.5. The van der Waals surface area contributed by atoms with Crippen LogP contribution in [0, 0.1) is 50.7 Å². The van der Waals surface area contributed by atoms with Gasteiger partial charge in [0.2, 0.25) is 0 Å². The molecule has 6 fully saturated rings. The summed E-state index contributed by atoms with van der Waals surface area (Å²) in [6.07, 6.45) is 12.6. The van der Waals surface area contributed by atoms with E-state index in [9.17, 15) is 10.2 Å². The fourth-order valence-corrected chi connectivity index (χ4v) is 11.1. The van der Waals surface area contributed by atoms with E-state index >= 15 is 0 Å². The smallest absolute Gasteiger partial charge is 0.0850 e. The van der Waals surface area contributed by atoms with Gasteiger partial charge in [0, 0.05) is 0 Å². The molecule has 0 aromatic heterocycles. The Morgan fingerprint density at radius 1 is 0.844 bits per heavy atom. The SMILES string of the molecule is CC(C)(C)C(O)C1CCC2C(CC3C4CCC5C(C)(C)[C@@H](O)CC[C@@]56CC46CC[C@]23C)O1. The van der Waals surface area contributed by atoms with Gasteiger partial charge in [-0.3, -0.25) is 0 Å². The van der Waals surface area contributed by atoms with E-state index in [2.05, 4.69) is 41.5 Å². The Hall–Kier alpha value is -0.120. The van der Waals surface area contributed by atoms with Crippen LogP contribution in [-0.4, -0.2) is 34.6 Å². The van der Waals surface area contributed by atoms with Crippen molar-refractivity contribution in [3.63, 3.8) is 0 Å². The summed E-state index contributed by atoms with van der Waals surface area (Å²) in [7, 11) is 0. The molecule has 1 heterocycles. The molecular weight excluding hydrogens is 396 g/mol. The van der Waals surface area contributed by atoms with E-state index < -0.39 is 0 Å². The molecule has 0 bridgehead atoms. The summed E-state index contributed by atoms with van der Waals surface area (Å²) in [5.74, 6) is 3.06. The molecule has 8 unspecified atom stereocenters. The van der Waals surface area contributed by atoms with Crippen molar-refractivity contribution >= 4 is 0 Å². The van der Waals surface area contributed by atoms with Crippen LogP contribution in [0.3, 0.4) is 0 Å². The van der Waals surface area contributed by atoms with Gasteiger partial charge in [0.15, 0.2) is 0 Å². The van der Waals surface area contributed by atoms with Crippen LogP contribution in [0.15, 0.2) is 0 Å². The normalized spacial score (nSPS) is 56.8. The number of rotatable bonds is 1. The molecule has 182 valence electrons. The highest BCUT2D eigenvalue weighted by Gasteiger charge is 2.80. The van der Waals surface area contributed by atoms with Gasteiger partial charge in [0.05, 0.1) is 24.4 Å². The molecule has 6 aliphatic rings. The van der Waals surface area contributed by atoms with Crippen molar-refractivity contribution in [3.8, 4) is 0 Å². The summed E-state index contributed by atoms with van der Waals surface area (Å²) in [4.78, 5) is 0. The highest BCUT2D eigenvalue weighted by atomic mass is 16.5. The lowest BCUT2D eigenvalue weighted by atomic mass is 9.46. The maximum absolute atomic E-state index is 10.9. The third kappa shape index (κ3) is 2.60. The number of fused-ring (bicyclic) bond motifs is 4. The summed E-state index contributed by atoms with van der Waals surface area (Å²) in [6.45, 7) is 13.8. The Morgan fingerprint density at radius 2 is 1.56 bits per heavy atom. The molecule has 3 heteroatoms. The molecule has 0 amide bonds. The van der Waals surface area contributed by atoms with Crippen molar-refractivity contribution in [1.29, 1.82) is 0 Å². The molecule has 0 aromatic carbocycles. The molecule has 0 radical (unpaired) electrons. The average Bonchev–Trinajstić information content (AvgIpc) is 3.30. The maximum Gasteiger partial charge on any atom is 0.0850 e. The van der Waals surface area contributed by atoms with Crippen molar-refractivity contribution in [1.82, 2.24) is 0 Å². The fourth-order valence-electron chi connectivity index (χ4n) is 11.1. The number of ether oxygens (including phenoxy) is 1. The Bertz CT molecular complexity index is 784. The molecule has 6 rings (SSSR count). The topological polar surface area (TPSA) is 49.7 Å². The van der Waals surface area contributed by atoms with Crippen LogP contribution in [-0.2, 0) is 4.74 Å². The predicted octanol–water partition coefficient (Wildman–Crippen LogP) is 5.96. The molecule has 0 aromatic rings. The monoisotopic (exact) mass is 444 g/mol. The summed E-state index contributed by atoms with van der Waals surface area (Å²) in [5, 5.41) is 21.8. The standard InChI is InChI=1S/C29H48O3/c1-25(2,3)24(31)20-9-7-18-21(32-20)15-19-17-8-10-22-26(4,5)23(30)11-12-29(22)16-28(17,29)14-13-27(18,19)6/h17-24,30-31H,7-16H2,1-6H3/t17?,18?,19?,20?,21?,22?,23-,24?,27+,28?,29+/m0/s1. The van der Waals surface area contributed by atoms with Crippen LogP contribution in [0.5, 0.6) is 0 Å². The lowest BCUT2D eigenvalue weighted by molar-refractivity contribution is -0.157. The van der Waals surface area contributed by atoms with E-state index in [1.807, 2.05) is 0 Å². The Kier molecular flexibility index (Phi) is 4.57. The van der Waals surface area contributed by atoms with Crippen molar-refractivity contribution < 1.29 is 14.9 Å². The van der Waals surface area contributed by atoms with E-state index in [4.69, 9.17) is 4.74 Å². The second kappa shape index (κ2) is 6.55. The van der Waals surface area contributed by atoms with Gasteiger partial charge in [-0.1, -0.05) is 41.5 Å². The van der Waals surface area contributed by atoms with Gasteiger partial charge in [0.1, 0.15) is 0 Å². The fraction of sp³-hybridized carbons (Fsp3) is 1.00. The molecule has 11 atom stereocenters. The van der Waals surface area contributed by atoms with Gasteiger partial charge in [-0.2, -0.15) is 0 Å². The zero-order valence-electron chi connectivity index (χ0n) is 21.5. The molecule has 32 heavy (non-hydrogen) atoms. The minimum Gasteiger partial charge on any atom is -0.393 e. The maximum atomic E-state index is 10.9. The third-order valence-electron chi connectivity index (χ3n) is 12.8. The highest BCUT2D eigenvalue weighted by Crippen LogP contribution is 2.87. The molecule has 1 saturated heterocycles. The molecule has 5 saturated carbocycles. The lowest BCUT2D eigenvalue weighted by Gasteiger charge is -2.59. The van der Waals surface area contributed by atoms with Gasteiger partial charge in [0.25, 0.3) is 0 Å². The largest absolute Gasteiger partial charge is 0.393 e. The van der Waals surface area contributed by atoms with Crippen LogP contribution in [0.4, 0.5) is 0 Å². The summed E-state index contributed by atoms with van der Waals surface area (Å²) in [5.41, 5.74) is 1.48.